The van der Waals surface area contributed by atoms with Gasteiger partial charge in [-0.2, -0.15) is 0 Å². The quantitative estimate of drug-likeness (QED) is 0.842. The monoisotopic (exact) mass is 317 g/mol. The molecule has 0 amide bonds. The van der Waals surface area contributed by atoms with E-state index in [1.54, 1.807) is 0 Å². The van der Waals surface area contributed by atoms with Gasteiger partial charge in [-0.3, -0.25) is 14.8 Å². The van der Waals surface area contributed by atoms with E-state index in [9.17, 15) is 0 Å². The van der Waals surface area contributed by atoms with Crippen LogP contribution in [0.4, 0.5) is 0 Å². The summed E-state index contributed by atoms with van der Waals surface area (Å²) in [6.07, 6.45) is 4.80. The van der Waals surface area contributed by atoms with E-state index in [2.05, 4.69) is 26.9 Å². The highest BCUT2D eigenvalue weighted by atomic mass is 16.5. The lowest BCUT2D eigenvalue weighted by Crippen LogP contribution is -2.62. The van der Waals surface area contributed by atoms with Crippen LogP contribution in [-0.2, 0) is 16.0 Å². The summed E-state index contributed by atoms with van der Waals surface area (Å²) in [5.74, 6) is 0.661. The molecular weight excluding hydrogens is 290 g/mol. The molecular formula is C18H27N3O2. The highest BCUT2D eigenvalue weighted by Gasteiger charge is 2.42. The maximum absolute atomic E-state index is 6.22. The van der Waals surface area contributed by atoms with Crippen molar-refractivity contribution in [1.29, 1.82) is 0 Å². The SMILES string of the molecule is c1ccc(CN2C[C@H]3CCCO[C@H]3[C@@H](N3CCOCC3)C2)nc1. The Labute approximate surface area is 138 Å². The van der Waals surface area contributed by atoms with Crippen LogP contribution in [-0.4, -0.2) is 72.9 Å². The molecule has 5 heteroatoms. The molecule has 1 aromatic heterocycles. The largest absolute Gasteiger partial charge is 0.379 e. The van der Waals surface area contributed by atoms with Gasteiger partial charge in [0.2, 0.25) is 0 Å². The Morgan fingerprint density at radius 1 is 1.13 bits per heavy atom. The van der Waals surface area contributed by atoms with Crippen molar-refractivity contribution in [3.63, 3.8) is 0 Å². The lowest BCUT2D eigenvalue weighted by atomic mass is 9.84. The lowest BCUT2D eigenvalue weighted by molar-refractivity contribution is -0.128. The maximum atomic E-state index is 6.22. The first-order chi connectivity index (χ1) is 11.4. The predicted molar refractivity (Wildman–Crippen MR) is 88.2 cm³/mol. The molecule has 3 atom stereocenters. The van der Waals surface area contributed by atoms with Crippen LogP contribution in [0.3, 0.4) is 0 Å². The van der Waals surface area contributed by atoms with Gasteiger partial charge in [0.15, 0.2) is 0 Å². The summed E-state index contributed by atoms with van der Waals surface area (Å²) in [7, 11) is 0. The Kier molecular flexibility index (Phi) is 4.90. The van der Waals surface area contributed by atoms with Crippen molar-refractivity contribution in [2.24, 2.45) is 5.92 Å². The number of likely N-dealkylation sites (tertiary alicyclic amines) is 1. The number of hydrogen-bond donors (Lipinski definition) is 0. The number of fused-ring (bicyclic) bond motifs is 1. The van der Waals surface area contributed by atoms with E-state index in [0.29, 0.717) is 18.1 Å². The minimum atomic E-state index is 0.404. The van der Waals surface area contributed by atoms with Gasteiger partial charge < -0.3 is 9.47 Å². The van der Waals surface area contributed by atoms with E-state index in [-0.39, 0.29) is 0 Å². The molecule has 0 radical (unpaired) electrons. The molecule has 0 bridgehead atoms. The zero-order valence-electron chi connectivity index (χ0n) is 13.8. The number of pyridine rings is 1. The molecule has 23 heavy (non-hydrogen) atoms. The fourth-order valence-corrected chi connectivity index (χ4v) is 4.34. The summed E-state index contributed by atoms with van der Waals surface area (Å²) in [5, 5.41) is 0. The first-order valence-electron chi connectivity index (χ1n) is 8.96. The van der Waals surface area contributed by atoms with Gasteiger partial charge in [0.1, 0.15) is 0 Å². The van der Waals surface area contributed by atoms with Crippen LogP contribution in [0.1, 0.15) is 18.5 Å². The molecule has 1 aromatic rings. The highest BCUT2D eigenvalue weighted by molar-refractivity contribution is 5.05. The van der Waals surface area contributed by atoms with Gasteiger partial charge in [-0.15, -0.1) is 0 Å². The normalized spacial score (nSPS) is 33.3. The van der Waals surface area contributed by atoms with Crippen LogP contribution in [0.25, 0.3) is 0 Å². The molecule has 0 aliphatic carbocycles. The van der Waals surface area contributed by atoms with Crippen molar-refractivity contribution >= 4 is 0 Å². The summed E-state index contributed by atoms with van der Waals surface area (Å²) >= 11 is 0. The third kappa shape index (κ3) is 3.58. The van der Waals surface area contributed by atoms with Gasteiger partial charge in [0.05, 0.1) is 25.0 Å². The van der Waals surface area contributed by atoms with Crippen molar-refractivity contribution in [2.45, 2.75) is 31.5 Å². The second-order valence-electron chi connectivity index (χ2n) is 6.97. The minimum Gasteiger partial charge on any atom is -0.379 e. The smallest absolute Gasteiger partial charge is 0.0782 e. The number of rotatable bonds is 3. The molecule has 126 valence electrons. The number of ether oxygens (including phenoxy) is 2. The van der Waals surface area contributed by atoms with Crippen molar-refractivity contribution in [3.05, 3.63) is 30.1 Å². The van der Waals surface area contributed by atoms with Gasteiger partial charge in [0, 0.05) is 51.6 Å². The van der Waals surface area contributed by atoms with E-state index in [1.807, 2.05) is 12.3 Å². The Bertz CT molecular complexity index is 492. The minimum absolute atomic E-state index is 0.404. The molecule has 5 nitrogen and oxygen atoms in total. The molecule has 3 fully saturated rings. The highest BCUT2D eigenvalue weighted by Crippen LogP contribution is 2.32. The first-order valence-corrected chi connectivity index (χ1v) is 8.96. The summed E-state index contributed by atoms with van der Waals surface area (Å²) in [6, 6.07) is 6.70. The molecule has 4 rings (SSSR count). The third-order valence-electron chi connectivity index (χ3n) is 5.44. The Balaban J connectivity index is 1.48. The topological polar surface area (TPSA) is 37.8 Å². The van der Waals surface area contributed by atoms with E-state index in [4.69, 9.17) is 9.47 Å². The van der Waals surface area contributed by atoms with Crippen LogP contribution in [0.2, 0.25) is 0 Å². The molecule has 3 aliphatic rings. The van der Waals surface area contributed by atoms with Gasteiger partial charge in [-0.1, -0.05) is 6.07 Å². The maximum Gasteiger partial charge on any atom is 0.0782 e. The summed E-state index contributed by atoms with van der Waals surface area (Å²) in [5.41, 5.74) is 1.17. The first kappa shape index (κ1) is 15.5. The Morgan fingerprint density at radius 2 is 2.04 bits per heavy atom. The molecule has 0 spiro atoms. The average Bonchev–Trinajstić information content (AvgIpc) is 2.63. The lowest BCUT2D eigenvalue weighted by Gasteiger charge is -2.50. The van der Waals surface area contributed by atoms with E-state index in [1.165, 1.54) is 18.5 Å². The van der Waals surface area contributed by atoms with Crippen molar-refractivity contribution in [1.82, 2.24) is 14.8 Å². The number of piperidine rings is 1. The van der Waals surface area contributed by atoms with Crippen molar-refractivity contribution in [3.8, 4) is 0 Å². The second-order valence-corrected chi connectivity index (χ2v) is 6.97. The Hall–Kier alpha value is -1.01. The van der Waals surface area contributed by atoms with Crippen LogP contribution in [0.15, 0.2) is 24.4 Å². The van der Waals surface area contributed by atoms with E-state index in [0.717, 1.165) is 52.5 Å². The van der Waals surface area contributed by atoms with Crippen molar-refractivity contribution in [2.75, 3.05) is 46.0 Å². The van der Waals surface area contributed by atoms with E-state index >= 15 is 0 Å². The number of morpholine rings is 1. The van der Waals surface area contributed by atoms with Gasteiger partial charge in [-0.25, -0.2) is 0 Å². The van der Waals surface area contributed by atoms with Crippen LogP contribution < -0.4 is 0 Å². The predicted octanol–water partition coefficient (Wildman–Crippen LogP) is 1.39. The zero-order chi connectivity index (χ0) is 15.5. The number of hydrogen-bond acceptors (Lipinski definition) is 5. The zero-order valence-corrected chi connectivity index (χ0v) is 13.8. The van der Waals surface area contributed by atoms with Gasteiger partial charge >= 0.3 is 0 Å². The summed E-state index contributed by atoms with van der Waals surface area (Å²) < 4.78 is 11.8. The molecule has 0 aromatic carbocycles. The fourth-order valence-electron chi connectivity index (χ4n) is 4.34. The molecule has 4 heterocycles. The van der Waals surface area contributed by atoms with Crippen LogP contribution in [0.5, 0.6) is 0 Å². The van der Waals surface area contributed by atoms with Crippen LogP contribution in [0, 0.1) is 5.92 Å². The molecule has 0 saturated carbocycles. The standard InChI is InChI=1S/C18H27N3O2/c1-2-6-19-16(5-1)13-20-12-15-4-3-9-23-18(15)17(14-20)21-7-10-22-11-8-21/h1-2,5-6,15,17-18H,3-4,7-14H2/t15-,17+,18-/m1/s1. The average molecular weight is 317 g/mol. The van der Waals surface area contributed by atoms with Crippen molar-refractivity contribution < 1.29 is 9.47 Å². The summed E-state index contributed by atoms with van der Waals surface area (Å²) in [4.78, 5) is 9.68. The second kappa shape index (κ2) is 7.26. The fraction of sp³-hybridized carbons (Fsp3) is 0.722. The molecule has 3 aliphatic heterocycles. The third-order valence-corrected chi connectivity index (χ3v) is 5.44. The summed E-state index contributed by atoms with van der Waals surface area (Å²) in [6.45, 7) is 7.89. The molecule has 0 unspecified atom stereocenters. The van der Waals surface area contributed by atoms with Crippen LogP contribution >= 0.6 is 0 Å². The number of aromatic nitrogens is 1. The Morgan fingerprint density at radius 3 is 2.87 bits per heavy atom. The molecule has 3 saturated heterocycles. The van der Waals surface area contributed by atoms with Gasteiger partial charge in [0.25, 0.3) is 0 Å². The van der Waals surface area contributed by atoms with Gasteiger partial charge in [-0.05, 0) is 30.9 Å². The molecule has 0 N–H and O–H groups in total. The van der Waals surface area contributed by atoms with E-state index < -0.39 is 0 Å². The number of nitrogens with zero attached hydrogens (tertiary/aromatic N) is 3.